The molecule has 2 aromatic rings. The molecule has 0 aliphatic carbocycles. The van der Waals surface area contributed by atoms with E-state index in [1.807, 2.05) is 61.5 Å². The number of rotatable bonds is 8. The third-order valence-corrected chi connectivity index (χ3v) is 6.95. The fourth-order valence-electron chi connectivity index (χ4n) is 3.39. The molecule has 2 aromatic carbocycles. The maximum Gasteiger partial charge on any atom is 0.223 e. The van der Waals surface area contributed by atoms with Crippen LogP contribution in [0.3, 0.4) is 0 Å². The summed E-state index contributed by atoms with van der Waals surface area (Å²) in [5.41, 5.74) is 1.95. The first-order chi connectivity index (χ1) is 13.9. The Morgan fingerprint density at radius 3 is 2.38 bits per heavy atom. The van der Waals surface area contributed by atoms with Crippen molar-refractivity contribution in [3.63, 3.8) is 0 Å². The van der Waals surface area contributed by atoms with E-state index in [-0.39, 0.29) is 17.6 Å². The lowest BCUT2D eigenvalue weighted by atomic mass is 9.97. The minimum atomic E-state index is -3.36. The first kappa shape index (κ1) is 21.3. The van der Waals surface area contributed by atoms with E-state index in [4.69, 9.17) is 4.74 Å². The molecule has 0 unspecified atom stereocenters. The predicted molar refractivity (Wildman–Crippen MR) is 113 cm³/mol. The average molecular weight is 417 g/mol. The average Bonchev–Trinajstić information content (AvgIpc) is 2.73. The first-order valence-electron chi connectivity index (χ1n) is 9.93. The molecule has 1 amide bonds. The monoisotopic (exact) mass is 416 g/mol. The molecule has 1 fully saturated rings. The second-order valence-corrected chi connectivity index (χ2v) is 9.34. The number of piperidine rings is 1. The lowest BCUT2D eigenvalue weighted by Crippen LogP contribution is -2.43. The number of hydrogen-bond donors (Lipinski definition) is 1. The third kappa shape index (κ3) is 6.30. The molecule has 7 heteroatoms. The summed E-state index contributed by atoms with van der Waals surface area (Å²) in [6, 6.07) is 16.9. The van der Waals surface area contributed by atoms with Crippen LogP contribution in [0.15, 0.2) is 54.6 Å². The van der Waals surface area contributed by atoms with Crippen LogP contribution in [0.4, 0.5) is 0 Å². The van der Waals surface area contributed by atoms with Gasteiger partial charge in [-0.3, -0.25) is 4.79 Å². The lowest BCUT2D eigenvalue weighted by Gasteiger charge is -2.30. The number of amides is 1. The fraction of sp³-hybridized carbons (Fsp3) is 0.409. The van der Waals surface area contributed by atoms with Crippen molar-refractivity contribution in [1.82, 2.24) is 9.62 Å². The van der Waals surface area contributed by atoms with Crippen molar-refractivity contribution in [3.05, 3.63) is 65.7 Å². The number of aryl methyl sites for hydroxylation is 1. The Morgan fingerprint density at radius 1 is 1.07 bits per heavy atom. The summed E-state index contributed by atoms with van der Waals surface area (Å²) in [5.74, 6) is 0.595. The van der Waals surface area contributed by atoms with Gasteiger partial charge in [0.2, 0.25) is 15.9 Å². The Kier molecular flexibility index (Phi) is 7.28. The van der Waals surface area contributed by atoms with Gasteiger partial charge in [0.25, 0.3) is 0 Å². The van der Waals surface area contributed by atoms with Crippen molar-refractivity contribution >= 4 is 15.9 Å². The van der Waals surface area contributed by atoms with Crippen LogP contribution in [-0.4, -0.2) is 44.9 Å². The maximum absolute atomic E-state index is 12.6. The maximum atomic E-state index is 12.6. The van der Waals surface area contributed by atoms with Crippen LogP contribution in [0.5, 0.6) is 5.75 Å². The molecular formula is C22H28N2O4S. The number of carbonyl (C=O) groups is 1. The van der Waals surface area contributed by atoms with E-state index in [0.29, 0.717) is 39.1 Å². The number of nitrogens with one attached hydrogen (secondary N) is 1. The van der Waals surface area contributed by atoms with Crippen LogP contribution in [-0.2, 0) is 20.6 Å². The van der Waals surface area contributed by atoms with Crippen LogP contribution in [0.25, 0.3) is 0 Å². The lowest BCUT2D eigenvalue weighted by molar-refractivity contribution is -0.126. The normalized spacial score (nSPS) is 15.8. The highest BCUT2D eigenvalue weighted by molar-refractivity contribution is 7.88. The molecule has 0 bridgehead atoms. The topological polar surface area (TPSA) is 75.7 Å². The minimum absolute atomic E-state index is 0.00104. The Morgan fingerprint density at radius 2 is 1.72 bits per heavy atom. The van der Waals surface area contributed by atoms with E-state index in [9.17, 15) is 13.2 Å². The molecule has 1 N–H and O–H groups in total. The number of carbonyl (C=O) groups excluding carboxylic acids is 1. The molecule has 29 heavy (non-hydrogen) atoms. The van der Waals surface area contributed by atoms with Gasteiger partial charge in [-0.2, -0.15) is 0 Å². The molecule has 3 rings (SSSR count). The van der Waals surface area contributed by atoms with E-state index in [1.54, 1.807) is 0 Å². The smallest absolute Gasteiger partial charge is 0.223 e. The number of hydrogen-bond acceptors (Lipinski definition) is 4. The van der Waals surface area contributed by atoms with Gasteiger partial charge in [0.1, 0.15) is 12.4 Å². The number of nitrogens with zero attached hydrogens (tertiary/aromatic N) is 1. The number of sulfonamides is 1. The highest BCUT2D eigenvalue weighted by Gasteiger charge is 2.31. The van der Waals surface area contributed by atoms with Crippen LogP contribution in [0.2, 0.25) is 0 Å². The van der Waals surface area contributed by atoms with Gasteiger partial charge in [-0.15, -0.1) is 0 Å². The number of ether oxygens (including phenoxy) is 1. The van der Waals surface area contributed by atoms with Gasteiger partial charge in [0, 0.05) is 19.0 Å². The standard InChI is InChI=1S/C22H28N2O4S/c1-18-7-9-21(10-8-18)28-16-13-23-22(25)20-11-14-24(15-12-20)29(26,27)17-19-5-3-2-4-6-19/h2-10,20H,11-17H2,1H3,(H,23,25). The van der Waals surface area contributed by atoms with Crippen molar-refractivity contribution < 1.29 is 17.9 Å². The van der Waals surface area contributed by atoms with Crippen LogP contribution < -0.4 is 10.1 Å². The summed E-state index contributed by atoms with van der Waals surface area (Å²) < 4.78 is 32.3. The molecule has 0 aromatic heterocycles. The second-order valence-electron chi connectivity index (χ2n) is 7.37. The first-order valence-corrected chi connectivity index (χ1v) is 11.5. The molecule has 1 heterocycles. The van der Waals surface area contributed by atoms with E-state index in [0.717, 1.165) is 11.3 Å². The predicted octanol–water partition coefficient (Wildman–Crippen LogP) is 2.73. The number of benzene rings is 2. The van der Waals surface area contributed by atoms with Gasteiger partial charge in [-0.25, -0.2) is 12.7 Å². The second kappa shape index (κ2) is 9.89. The van der Waals surface area contributed by atoms with Crippen molar-refractivity contribution in [3.8, 4) is 5.75 Å². The zero-order valence-electron chi connectivity index (χ0n) is 16.7. The van der Waals surface area contributed by atoms with Crippen molar-refractivity contribution in [2.45, 2.75) is 25.5 Å². The van der Waals surface area contributed by atoms with Crippen LogP contribution in [0, 0.1) is 12.8 Å². The minimum Gasteiger partial charge on any atom is -0.492 e. The van der Waals surface area contributed by atoms with E-state index < -0.39 is 10.0 Å². The summed E-state index contributed by atoms with van der Waals surface area (Å²) in [5, 5.41) is 2.90. The molecule has 6 nitrogen and oxygen atoms in total. The molecule has 1 saturated heterocycles. The Bertz CT molecular complexity index is 890. The quantitative estimate of drug-likeness (QED) is 0.672. The molecular weight excluding hydrogens is 388 g/mol. The van der Waals surface area contributed by atoms with Gasteiger partial charge in [-0.1, -0.05) is 48.0 Å². The highest BCUT2D eigenvalue weighted by atomic mass is 32.2. The Hall–Kier alpha value is -2.38. The SMILES string of the molecule is Cc1ccc(OCCNC(=O)C2CCN(S(=O)(=O)Cc3ccccc3)CC2)cc1. The van der Waals surface area contributed by atoms with Crippen LogP contribution >= 0.6 is 0 Å². The van der Waals surface area contributed by atoms with Crippen molar-refractivity contribution in [1.29, 1.82) is 0 Å². The van der Waals surface area contributed by atoms with E-state index in [1.165, 1.54) is 9.87 Å². The van der Waals surface area contributed by atoms with Gasteiger partial charge in [0.15, 0.2) is 0 Å². The van der Waals surface area contributed by atoms with E-state index in [2.05, 4.69) is 5.32 Å². The molecule has 0 saturated carbocycles. The largest absolute Gasteiger partial charge is 0.492 e. The Balaban J connectivity index is 1.39. The molecule has 0 atom stereocenters. The highest BCUT2D eigenvalue weighted by Crippen LogP contribution is 2.22. The summed E-state index contributed by atoms with van der Waals surface area (Å²) in [6.45, 7) is 3.61. The zero-order valence-corrected chi connectivity index (χ0v) is 17.5. The summed E-state index contributed by atoms with van der Waals surface area (Å²) in [4.78, 5) is 12.4. The Labute approximate surface area is 172 Å². The third-order valence-electron chi connectivity index (χ3n) is 5.10. The summed E-state index contributed by atoms with van der Waals surface area (Å²) in [6.07, 6.45) is 1.08. The van der Waals surface area contributed by atoms with Gasteiger partial charge in [0.05, 0.1) is 12.3 Å². The van der Waals surface area contributed by atoms with Crippen LogP contribution in [0.1, 0.15) is 24.0 Å². The fourth-order valence-corrected chi connectivity index (χ4v) is 4.96. The van der Waals surface area contributed by atoms with E-state index >= 15 is 0 Å². The molecule has 1 aliphatic heterocycles. The molecule has 0 spiro atoms. The van der Waals surface area contributed by atoms with Gasteiger partial charge >= 0.3 is 0 Å². The summed E-state index contributed by atoms with van der Waals surface area (Å²) >= 11 is 0. The summed E-state index contributed by atoms with van der Waals surface area (Å²) in [7, 11) is -3.36. The van der Waals surface area contributed by atoms with Crippen molar-refractivity contribution in [2.24, 2.45) is 5.92 Å². The molecule has 0 radical (unpaired) electrons. The molecule has 1 aliphatic rings. The van der Waals surface area contributed by atoms with Gasteiger partial charge in [-0.05, 0) is 37.5 Å². The molecule has 156 valence electrons. The van der Waals surface area contributed by atoms with Gasteiger partial charge < -0.3 is 10.1 Å². The van der Waals surface area contributed by atoms with Crippen molar-refractivity contribution in [2.75, 3.05) is 26.2 Å². The zero-order chi connectivity index (χ0) is 20.7.